The lowest BCUT2D eigenvalue weighted by atomic mass is 10.1. The smallest absolute Gasteiger partial charge is 0.295 e. The number of hydrogen-bond donors (Lipinski definition) is 0. The van der Waals surface area contributed by atoms with Crippen LogP contribution in [0.4, 0.5) is 5.69 Å². The van der Waals surface area contributed by atoms with Crippen LogP contribution in [0.5, 0.6) is 0 Å². The van der Waals surface area contributed by atoms with Gasteiger partial charge >= 0.3 is 0 Å². The first-order chi connectivity index (χ1) is 8.09. The number of nitro groups is 1. The fourth-order valence-electron chi connectivity index (χ4n) is 1.42. The Labute approximate surface area is 95.9 Å². The number of aromatic nitrogens is 3. The molecule has 0 saturated carbocycles. The molecule has 0 aliphatic carbocycles. The van der Waals surface area contributed by atoms with Crippen molar-refractivity contribution in [2.24, 2.45) is 0 Å². The number of hydrogen-bond acceptors (Lipinski definition) is 5. The lowest BCUT2D eigenvalue weighted by Crippen LogP contribution is -2.03. The van der Waals surface area contributed by atoms with E-state index in [0.717, 1.165) is 0 Å². The maximum Gasteiger partial charge on any atom is 0.295 e. The highest BCUT2D eigenvalue weighted by Crippen LogP contribution is 2.23. The Hall–Kier alpha value is -2.57. The van der Waals surface area contributed by atoms with E-state index in [1.807, 2.05) is 0 Å². The third kappa shape index (κ3) is 2.03. The highest BCUT2D eigenvalue weighted by atomic mass is 16.6. The molecule has 0 bridgehead atoms. The molecule has 0 amide bonds. The molecule has 0 radical (unpaired) electrons. The Morgan fingerprint density at radius 2 is 2.24 bits per heavy atom. The van der Waals surface area contributed by atoms with Gasteiger partial charge in [-0.25, -0.2) is 9.67 Å². The normalized spacial score (nSPS) is 10.2. The summed E-state index contributed by atoms with van der Waals surface area (Å²) in [4.78, 5) is 25.3. The third-order valence-electron chi connectivity index (χ3n) is 2.24. The van der Waals surface area contributed by atoms with E-state index in [1.165, 1.54) is 42.5 Å². The molecule has 2 aromatic rings. The second-order valence-electron chi connectivity index (χ2n) is 3.36. The van der Waals surface area contributed by atoms with Gasteiger partial charge < -0.3 is 0 Å². The summed E-state index contributed by atoms with van der Waals surface area (Å²) in [7, 11) is 0. The Balaban J connectivity index is 2.61. The van der Waals surface area contributed by atoms with E-state index in [4.69, 9.17) is 0 Å². The SMILES string of the molecule is CC(=O)c1ccc(-n2cncn2)c([N+](=O)[O-])c1. The van der Waals surface area contributed by atoms with Crippen LogP contribution in [0.3, 0.4) is 0 Å². The van der Waals surface area contributed by atoms with Crippen LogP contribution >= 0.6 is 0 Å². The predicted octanol–water partition coefficient (Wildman–Crippen LogP) is 1.38. The first-order valence-corrected chi connectivity index (χ1v) is 4.74. The first kappa shape index (κ1) is 10.9. The molecule has 1 aromatic heterocycles. The molecule has 86 valence electrons. The van der Waals surface area contributed by atoms with Gasteiger partial charge in [0.2, 0.25) is 0 Å². The fourth-order valence-corrected chi connectivity index (χ4v) is 1.42. The molecule has 7 nitrogen and oxygen atoms in total. The van der Waals surface area contributed by atoms with Gasteiger partial charge in [-0.2, -0.15) is 5.10 Å². The van der Waals surface area contributed by atoms with Crippen LogP contribution < -0.4 is 0 Å². The van der Waals surface area contributed by atoms with E-state index in [9.17, 15) is 14.9 Å². The van der Waals surface area contributed by atoms with Crippen molar-refractivity contribution >= 4 is 11.5 Å². The van der Waals surface area contributed by atoms with E-state index >= 15 is 0 Å². The number of carbonyl (C=O) groups is 1. The van der Waals surface area contributed by atoms with Crippen LogP contribution in [-0.2, 0) is 0 Å². The van der Waals surface area contributed by atoms with Gasteiger partial charge in [0.1, 0.15) is 18.3 Å². The summed E-state index contributed by atoms with van der Waals surface area (Å²) in [5, 5.41) is 14.7. The zero-order chi connectivity index (χ0) is 12.4. The van der Waals surface area contributed by atoms with Crippen molar-refractivity contribution < 1.29 is 9.72 Å². The van der Waals surface area contributed by atoms with Crippen LogP contribution in [0.15, 0.2) is 30.9 Å². The topological polar surface area (TPSA) is 90.9 Å². The Morgan fingerprint density at radius 3 is 2.76 bits per heavy atom. The van der Waals surface area contributed by atoms with Crippen molar-refractivity contribution in [2.45, 2.75) is 6.92 Å². The molecule has 0 fully saturated rings. The monoisotopic (exact) mass is 232 g/mol. The number of nitrogens with zero attached hydrogens (tertiary/aromatic N) is 4. The molecule has 0 aliphatic rings. The summed E-state index contributed by atoms with van der Waals surface area (Å²) in [6, 6.07) is 4.23. The van der Waals surface area contributed by atoms with Crippen molar-refractivity contribution in [2.75, 3.05) is 0 Å². The molecular formula is C10H8N4O3. The van der Waals surface area contributed by atoms with Crippen molar-refractivity contribution in [3.8, 4) is 5.69 Å². The average molecular weight is 232 g/mol. The minimum atomic E-state index is -0.552. The second-order valence-corrected chi connectivity index (χ2v) is 3.36. The van der Waals surface area contributed by atoms with Crippen LogP contribution in [0.2, 0.25) is 0 Å². The van der Waals surface area contributed by atoms with Gasteiger partial charge in [0.05, 0.1) is 4.92 Å². The fraction of sp³-hybridized carbons (Fsp3) is 0.100. The number of rotatable bonds is 3. The lowest BCUT2D eigenvalue weighted by Gasteiger charge is -2.03. The Bertz CT molecular complexity index is 577. The Kier molecular flexibility index (Phi) is 2.65. The van der Waals surface area contributed by atoms with Gasteiger partial charge in [-0.3, -0.25) is 14.9 Å². The molecule has 0 aliphatic heterocycles. The maximum atomic E-state index is 11.2. The lowest BCUT2D eigenvalue weighted by molar-refractivity contribution is -0.384. The predicted molar refractivity (Wildman–Crippen MR) is 58.0 cm³/mol. The number of nitro benzene ring substituents is 1. The number of ketones is 1. The summed E-state index contributed by atoms with van der Waals surface area (Å²) >= 11 is 0. The van der Waals surface area contributed by atoms with Crippen molar-refractivity contribution in [1.29, 1.82) is 0 Å². The van der Waals surface area contributed by atoms with E-state index in [-0.39, 0.29) is 17.2 Å². The van der Waals surface area contributed by atoms with Crippen LogP contribution in [0.25, 0.3) is 5.69 Å². The van der Waals surface area contributed by atoms with E-state index < -0.39 is 4.92 Å². The van der Waals surface area contributed by atoms with Gasteiger partial charge in [-0.15, -0.1) is 0 Å². The highest BCUT2D eigenvalue weighted by molar-refractivity contribution is 5.95. The van der Waals surface area contributed by atoms with E-state index in [0.29, 0.717) is 5.56 Å². The molecule has 7 heteroatoms. The van der Waals surface area contributed by atoms with Crippen LogP contribution in [0, 0.1) is 10.1 Å². The van der Waals surface area contributed by atoms with Gasteiger partial charge in [0.15, 0.2) is 5.78 Å². The van der Waals surface area contributed by atoms with E-state index in [1.54, 1.807) is 0 Å². The Morgan fingerprint density at radius 1 is 1.47 bits per heavy atom. The molecule has 0 unspecified atom stereocenters. The van der Waals surface area contributed by atoms with Gasteiger partial charge in [-0.1, -0.05) is 0 Å². The second kappa shape index (κ2) is 4.12. The quantitative estimate of drug-likeness (QED) is 0.453. The molecule has 0 saturated heterocycles. The standard InChI is InChI=1S/C10H8N4O3/c1-7(15)8-2-3-9(10(4-8)14(16)17)13-6-11-5-12-13/h2-6H,1H3. The summed E-state index contributed by atoms with van der Waals surface area (Å²) in [5.74, 6) is -0.224. The molecule has 0 spiro atoms. The molecular weight excluding hydrogens is 224 g/mol. The minimum Gasteiger partial charge on any atom is -0.295 e. The number of Topliss-reactive ketones (excluding diaryl/α,β-unsaturated/α-hetero) is 1. The van der Waals surface area contributed by atoms with Crippen molar-refractivity contribution in [3.05, 3.63) is 46.5 Å². The molecule has 17 heavy (non-hydrogen) atoms. The average Bonchev–Trinajstić information content (AvgIpc) is 2.81. The largest absolute Gasteiger partial charge is 0.295 e. The zero-order valence-electron chi connectivity index (χ0n) is 8.90. The highest BCUT2D eigenvalue weighted by Gasteiger charge is 2.17. The van der Waals surface area contributed by atoms with Crippen molar-refractivity contribution in [1.82, 2.24) is 14.8 Å². The molecule has 0 N–H and O–H groups in total. The van der Waals surface area contributed by atoms with Crippen LogP contribution in [-0.4, -0.2) is 25.5 Å². The van der Waals surface area contributed by atoms with Gasteiger partial charge in [0, 0.05) is 11.6 Å². The van der Waals surface area contributed by atoms with E-state index in [2.05, 4.69) is 10.1 Å². The molecule has 0 atom stereocenters. The zero-order valence-corrected chi connectivity index (χ0v) is 8.90. The first-order valence-electron chi connectivity index (χ1n) is 4.74. The molecule has 2 rings (SSSR count). The summed E-state index contributed by atoms with van der Waals surface area (Å²) in [6.07, 6.45) is 2.64. The summed E-state index contributed by atoms with van der Waals surface area (Å²) < 4.78 is 1.28. The van der Waals surface area contributed by atoms with Gasteiger partial charge in [0.25, 0.3) is 5.69 Å². The minimum absolute atomic E-state index is 0.178. The summed E-state index contributed by atoms with van der Waals surface area (Å²) in [6.45, 7) is 1.36. The third-order valence-corrected chi connectivity index (χ3v) is 2.24. The summed E-state index contributed by atoms with van der Waals surface area (Å²) in [5.41, 5.74) is 0.390. The number of benzene rings is 1. The number of carbonyl (C=O) groups excluding carboxylic acids is 1. The van der Waals surface area contributed by atoms with Crippen molar-refractivity contribution in [3.63, 3.8) is 0 Å². The van der Waals surface area contributed by atoms with Gasteiger partial charge in [-0.05, 0) is 19.1 Å². The maximum absolute atomic E-state index is 11.2. The van der Waals surface area contributed by atoms with Crippen LogP contribution in [0.1, 0.15) is 17.3 Å². The molecule has 1 heterocycles. The molecule has 1 aromatic carbocycles.